The van der Waals surface area contributed by atoms with Gasteiger partial charge in [0, 0.05) is 11.0 Å². The summed E-state index contributed by atoms with van der Waals surface area (Å²) in [5.41, 5.74) is 11.1. The van der Waals surface area contributed by atoms with Gasteiger partial charge in [0.05, 0.1) is 6.54 Å². The molecule has 1 aromatic carbocycles. The van der Waals surface area contributed by atoms with Gasteiger partial charge < -0.3 is 16.2 Å². The highest BCUT2D eigenvalue weighted by Gasteiger charge is 2.06. The first-order chi connectivity index (χ1) is 10.0. The van der Waals surface area contributed by atoms with Crippen LogP contribution >= 0.6 is 15.9 Å². The maximum atomic E-state index is 5.65. The molecule has 21 heavy (non-hydrogen) atoms. The average molecular weight is 353 g/mol. The van der Waals surface area contributed by atoms with Crippen molar-refractivity contribution < 1.29 is 4.74 Å². The number of hydrogen-bond acceptors (Lipinski definition) is 7. The van der Waals surface area contributed by atoms with Crippen molar-refractivity contribution in [3.63, 3.8) is 0 Å². The molecule has 0 aliphatic rings. The summed E-state index contributed by atoms with van der Waals surface area (Å²) >= 11 is 3.38. The van der Waals surface area contributed by atoms with Crippen molar-refractivity contribution >= 4 is 27.8 Å². The van der Waals surface area contributed by atoms with Crippen LogP contribution in [0.15, 0.2) is 28.7 Å². The SMILES string of the molecule is CN(CCOc1ccc(Br)cc1)Cc1nc(N)nc(N)n1. The second-order valence-corrected chi connectivity index (χ2v) is 5.42. The number of benzene rings is 1. The summed E-state index contributed by atoms with van der Waals surface area (Å²) in [6.07, 6.45) is 0. The van der Waals surface area contributed by atoms with Gasteiger partial charge in [-0.2, -0.15) is 15.0 Å². The van der Waals surface area contributed by atoms with E-state index >= 15 is 0 Å². The zero-order chi connectivity index (χ0) is 15.2. The maximum Gasteiger partial charge on any atom is 0.225 e. The van der Waals surface area contributed by atoms with E-state index in [1.807, 2.05) is 36.2 Å². The summed E-state index contributed by atoms with van der Waals surface area (Å²) in [6, 6.07) is 7.71. The largest absolute Gasteiger partial charge is 0.492 e. The molecule has 4 N–H and O–H groups in total. The van der Waals surface area contributed by atoms with Crippen LogP contribution in [0.25, 0.3) is 0 Å². The molecule has 0 atom stereocenters. The zero-order valence-electron chi connectivity index (χ0n) is 11.7. The van der Waals surface area contributed by atoms with E-state index in [-0.39, 0.29) is 11.9 Å². The third kappa shape index (κ3) is 5.16. The quantitative estimate of drug-likeness (QED) is 0.807. The van der Waals surface area contributed by atoms with Gasteiger partial charge in [-0.25, -0.2) is 0 Å². The summed E-state index contributed by atoms with van der Waals surface area (Å²) in [7, 11) is 1.95. The summed E-state index contributed by atoms with van der Waals surface area (Å²) in [6.45, 7) is 1.82. The molecule has 2 rings (SSSR count). The lowest BCUT2D eigenvalue weighted by Gasteiger charge is -2.16. The van der Waals surface area contributed by atoms with Gasteiger partial charge in [-0.05, 0) is 31.3 Å². The molecule has 1 heterocycles. The first kappa shape index (κ1) is 15.5. The van der Waals surface area contributed by atoms with E-state index < -0.39 is 0 Å². The molecule has 0 amide bonds. The Bertz CT molecular complexity index is 571. The Morgan fingerprint density at radius 2 is 1.71 bits per heavy atom. The smallest absolute Gasteiger partial charge is 0.225 e. The first-order valence-corrected chi connectivity index (χ1v) is 7.15. The molecule has 0 bridgehead atoms. The Labute approximate surface area is 131 Å². The van der Waals surface area contributed by atoms with Gasteiger partial charge in [-0.15, -0.1) is 0 Å². The van der Waals surface area contributed by atoms with Crippen LogP contribution in [-0.4, -0.2) is 40.1 Å². The van der Waals surface area contributed by atoms with E-state index in [4.69, 9.17) is 16.2 Å². The molecule has 2 aromatic rings. The second kappa shape index (κ2) is 7.19. The summed E-state index contributed by atoms with van der Waals surface area (Å²) in [5, 5.41) is 0. The van der Waals surface area contributed by atoms with Gasteiger partial charge in [0.2, 0.25) is 11.9 Å². The highest BCUT2D eigenvalue weighted by atomic mass is 79.9. The lowest BCUT2D eigenvalue weighted by atomic mass is 10.3. The van der Waals surface area contributed by atoms with Crippen molar-refractivity contribution in [3.05, 3.63) is 34.6 Å². The topological polar surface area (TPSA) is 103 Å². The molecule has 0 spiro atoms. The molecule has 0 saturated carbocycles. The Hall–Kier alpha value is -1.93. The van der Waals surface area contributed by atoms with E-state index in [9.17, 15) is 0 Å². The van der Waals surface area contributed by atoms with Gasteiger partial charge in [0.15, 0.2) is 0 Å². The number of nitrogens with zero attached hydrogens (tertiary/aromatic N) is 4. The third-order valence-electron chi connectivity index (χ3n) is 2.68. The number of ether oxygens (including phenoxy) is 1. The Kier molecular flexibility index (Phi) is 5.29. The second-order valence-electron chi connectivity index (χ2n) is 4.51. The molecule has 7 nitrogen and oxygen atoms in total. The average Bonchev–Trinajstić information content (AvgIpc) is 2.39. The summed E-state index contributed by atoms with van der Waals surface area (Å²) < 4.78 is 6.68. The fraction of sp³-hybridized carbons (Fsp3) is 0.308. The van der Waals surface area contributed by atoms with Crippen LogP contribution in [0.2, 0.25) is 0 Å². The molecule has 0 aliphatic carbocycles. The Balaban J connectivity index is 1.79. The van der Waals surface area contributed by atoms with Gasteiger partial charge >= 0.3 is 0 Å². The number of likely N-dealkylation sites (N-methyl/N-ethyl adjacent to an activating group) is 1. The van der Waals surface area contributed by atoms with Crippen LogP contribution in [0.1, 0.15) is 5.82 Å². The van der Waals surface area contributed by atoms with Crippen LogP contribution in [-0.2, 0) is 6.54 Å². The maximum absolute atomic E-state index is 5.65. The van der Waals surface area contributed by atoms with Crippen LogP contribution in [0.5, 0.6) is 5.75 Å². The third-order valence-corrected chi connectivity index (χ3v) is 3.21. The highest BCUT2D eigenvalue weighted by Crippen LogP contribution is 2.15. The normalized spacial score (nSPS) is 10.8. The van der Waals surface area contributed by atoms with Crippen LogP contribution < -0.4 is 16.2 Å². The Morgan fingerprint density at radius 1 is 1.10 bits per heavy atom. The van der Waals surface area contributed by atoms with Crippen molar-refractivity contribution in [2.45, 2.75) is 6.54 Å². The fourth-order valence-corrected chi connectivity index (χ4v) is 1.96. The van der Waals surface area contributed by atoms with E-state index in [1.165, 1.54) is 0 Å². The predicted molar refractivity (Wildman–Crippen MR) is 84.6 cm³/mol. The van der Waals surface area contributed by atoms with Gasteiger partial charge in [0.1, 0.15) is 18.2 Å². The van der Waals surface area contributed by atoms with Crippen molar-refractivity contribution in [1.29, 1.82) is 0 Å². The molecule has 0 saturated heterocycles. The first-order valence-electron chi connectivity index (χ1n) is 6.36. The monoisotopic (exact) mass is 352 g/mol. The van der Waals surface area contributed by atoms with E-state index in [2.05, 4.69) is 30.9 Å². The van der Waals surface area contributed by atoms with Crippen molar-refractivity contribution in [1.82, 2.24) is 19.9 Å². The van der Waals surface area contributed by atoms with Crippen LogP contribution in [0.4, 0.5) is 11.9 Å². The molecule has 112 valence electrons. The molecule has 0 fully saturated rings. The van der Waals surface area contributed by atoms with E-state index in [0.717, 1.165) is 16.8 Å². The molecular formula is C13H17BrN6O. The van der Waals surface area contributed by atoms with Crippen molar-refractivity contribution in [2.24, 2.45) is 0 Å². The molecule has 0 radical (unpaired) electrons. The van der Waals surface area contributed by atoms with Crippen molar-refractivity contribution in [3.8, 4) is 5.75 Å². The lowest BCUT2D eigenvalue weighted by Crippen LogP contribution is -2.25. The molecular weight excluding hydrogens is 336 g/mol. The zero-order valence-corrected chi connectivity index (χ0v) is 13.2. The van der Waals surface area contributed by atoms with Crippen LogP contribution in [0, 0.1) is 0 Å². The fourth-order valence-electron chi connectivity index (χ4n) is 1.70. The standard InChI is InChI=1S/C13H17BrN6O/c1-20(8-11-17-12(15)19-13(16)18-11)6-7-21-10-4-2-9(14)3-5-10/h2-5H,6-8H2,1H3,(H4,15,16,17,18,19). The minimum Gasteiger partial charge on any atom is -0.492 e. The molecule has 8 heteroatoms. The number of nitrogen functional groups attached to an aromatic ring is 2. The number of nitrogens with two attached hydrogens (primary N) is 2. The number of aromatic nitrogens is 3. The number of rotatable bonds is 6. The minimum atomic E-state index is 0.136. The minimum absolute atomic E-state index is 0.136. The van der Waals surface area contributed by atoms with Gasteiger partial charge in [-0.1, -0.05) is 15.9 Å². The number of anilines is 2. The molecule has 1 aromatic heterocycles. The molecule has 0 unspecified atom stereocenters. The number of hydrogen-bond donors (Lipinski definition) is 2. The summed E-state index contributed by atoms with van der Waals surface area (Å²) in [5.74, 6) is 1.65. The predicted octanol–water partition coefficient (Wildman–Crippen LogP) is 1.31. The summed E-state index contributed by atoms with van der Waals surface area (Å²) in [4.78, 5) is 13.8. The highest BCUT2D eigenvalue weighted by molar-refractivity contribution is 9.10. The van der Waals surface area contributed by atoms with Crippen molar-refractivity contribution in [2.75, 3.05) is 31.7 Å². The van der Waals surface area contributed by atoms with E-state index in [0.29, 0.717) is 19.0 Å². The van der Waals surface area contributed by atoms with Gasteiger partial charge in [-0.3, -0.25) is 4.90 Å². The Morgan fingerprint density at radius 3 is 2.33 bits per heavy atom. The number of halogens is 1. The van der Waals surface area contributed by atoms with E-state index in [1.54, 1.807) is 0 Å². The van der Waals surface area contributed by atoms with Gasteiger partial charge in [0.25, 0.3) is 0 Å². The lowest BCUT2D eigenvalue weighted by molar-refractivity contribution is 0.230. The molecule has 0 aliphatic heterocycles. The van der Waals surface area contributed by atoms with Crippen LogP contribution in [0.3, 0.4) is 0 Å².